The lowest BCUT2D eigenvalue weighted by atomic mass is 10.1. The van der Waals surface area contributed by atoms with E-state index in [1.807, 2.05) is 12.1 Å². The Balaban J connectivity index is 2.15. The zero-order valence-corrected chi connectivity index (χ0v) is 10.2. The summed E-state index contributed by atoms with van der Waals surface area (Å²) < 4.78 is 0. The molecule has 88 valence electrons. The average Bonchev–Trinajstić information content (AvgIpc) is 2.30. The Kier molecular flexibility index (Phi) is 3.34. The summed E-state index contributed by atoms with van der Waals surface area (Å²) in [5, 5.41) is 0. The van der Waals surface area contributed by atoms with Crippen LogP contribution in [0.2, 0.25) is 0 Å². The first kappa shape index (κ1) is 11.3. The largest absolute Gasteiger partial charge is 0.399 e. The highest BCUT2D eigenvalue weighted by molar-refractivity contribution is 5.54. The molecule has 0 aromatic heterocycles. The van der Waals surface area contributed by atoms with Crippen molar-refractivity contribution < 1.29 is 0 Å². The van der Waals surface area contributed by atoms with Crippen molar-refractivity contribution in [2.75, 3.05) is 37.3 Å². The van der Waals surface area contributed by atoms with Crippen LogP contribution < -0.4 is 10.6 Å². The average molecular weight is 219 g/mol. The van der Waals surface area contributed by atoms with Crippen LogP contribution in [0.15, 0.2) is 24.3 Å². The van der Waals surface area contributed by atoms with Gasteiger partial charge in [0.05, 0.1) is 0 Å². The number of nitrogens with zero attached hydrogens (tertiary/aromatic N) is 2. The molecular formula is C13H21N3. The molecule has 1 fully saturated rings. The molecule has 3 heteroatoms. The summed E-state index contributed by atoms with van der Waals surface area (Å²) in [5.74, 6) is 0. The Labute approximate surface area is 97.8 Å². The van der Waals surface area contributed by atoms with Crippen LogP contribution in [0.1, 0.15) is 13.3 Å². The van der Waals surface area contributed by atoms with Crippen LogP contribution in [0.5, 0.6) is 0 Å². The van der Waals surface area contributed by atoms with E-state index >= 15 is 0 Å². The number of rotatable bonds is 2. The predicted molar refractivity (Wildman–Crippen MR) is 69.8 cm³/mol. The third-order valence-electron chi connectivity index (χ3n) is 3.38. The zero-order chi connectivity index (χ0) is 11.5. The maximum absolute atomic E-state index is 5.72. The first-order valence-electron chi connectivity index (χ1n) is 6.01. The van der Waals surface area contributed by atoms with E-state index in [1.165, 1.54) is 12.1 Å². The van der Waals surface area contributed by atoms with Gasteiger partial charge >= 0.3 is 0 Å². The summed E-state index contributed by atoms with van der Waals surface area (Å²) >= 11 is 0. The normalized spacial score (nSPS) is 22.4. The standard InChI is InChI=1S/C13H21N3/c1-3-12-10-15(2)8-9-16(12)13-6-4-11(14)5-7-13/h4-7,12H,3,8-10,14H2,1-2H3. The predicted octanol–water partition coefficient (Wildman–Crippen LogP) is 1.80. The van der Waals surface area contributed by atoms with Gasteiger partial charge < -0.3 is 15.5 Å². The smallest absolute Gasteiger partial charge is 0.0414 e. The molecule has 0 spiro atoms. The van der Waals surface area contributed by atoms with Gasteiger partial charge in [0, 0.05) is 37.1 Å². The highest BCUT2D eigenvalue weighted by atomic mass is 15.3. The number of piperazine rings is 1. The second-order valence-corrected chi connectivity index (χ2v) is 4.61. The second kappa shape index (κ2) is 4.74. The molecule has 0 bridgehead atoms. The number of likely N-dealkylation sites (N-methyl/N-ethyl adjacent to an activating group) is 1. The zero-order valence-electron chi connectivity index (χ0n) is 10.2. The van der Waals surface area contributed by atoms with Crippen molar-refractivity contribution in [3.05, 3.63) is 24.3 Å². The minimum atomic E-state index is 0.627. The fourth-order valence-electron chi connectivity index (χ4n) is 2.37. The monoisotopic (exact) mass is 219 g/mol. The molecule has 1 aliphatic rings. The van der Waals surface area contributed by atoms with Crippen LogP contribution in [0.25, 0.3) is 0 Å². The lowest BCUT2D eigenvalue weighted by Crippen LogP contribution is -2.51. The number of hydrogen-bond acceptors (Lipinski definition) is 3. The molecule has 1 aromatic rings. The van der Waals surface area contributed by atoms with Crippen molar-refractivity contribution >= 4 is 11.4 Å². The number of nitrogen functional groups attached to an aromatic ring is 1. The van der Waals surface area contributed by atoms with Gasteiger partial charge in [-0.3, -0.25) is 0 Å². The Morgan fingerprint density at radius 2 is 1.94 bits per heavy atom. The van der Waals surface area contributed by atoms with Crippen molar-refractivity contribution in [2.45, 2.75) is 19.4 Å². The van der Waals surface area contributed by atoms with E-state index in [2.05, 4.69) is 35.9 Å². The van der Waals surface area contributed by atoms with Crippen LogP contribution in [0.3, 0.4) is 0 Å². The van der Waals surface area contributed by atoms with Gasteiger partial charge in [-0.15, -0.1) is 0 Å². The van der Waals surface area contributed by atoms with Crippen molar-refractivity contribution in [1.82, 2.24) is 4.90 Å². The Morgan fingerprint density at radius 3 is 2.56 bits per heavy atom. The third kappa shape index (κ3) is 2.30. The Morgan fingerprint density at radius 1 is 1.25 bits per heavy atom. The van der Waals surface area contributed by atoms with Crippen molar-refractivity contribution in [1.29, 1.82) is 0 Å². The molecule has 16 heavy (non-hydrogen) atoms. The second-order valence-electron chi connectivity index (χ2n) is 4.61. The van der Waals surface area contributed by atoms with Crippen LogP contribution in [0, 0.1) is 0 Å². The molecule has 1 atom stereocenters. The van der Waals surface area contributed by atoms with Gasteiger partial charge in [-0.1, -0.05) is 6.92 Å². The molecule has 1 aliphatic heterocycles. The number of hydrogen-bond donors (Lipinski definition) is 1. The molecule has 1 heterocycles. The van der Waals surface area contributed by atoms with Crippen molar-refractivity contribution in [2.24, 2.45) is 0 Å². The van der Waals surface area contributed by atoms with E-state index in [9.17, 15) is 0 Å². The van der Waals surface area contributed by atoms with Gasteiger partial charge in [-0.2, -0.15) is 0 Å². The first-order valence-corrected chi connectivity index (χ1v) is 6.01. The van der Waals surface area contributed by atoms with Crippen LogP contribution in [0.4, 0.5) is 11.4 Å². The van der Waals surface area contributed by atoms with Crippen LogP contribution in [-0.4, -0.2) is 37.6 Å². The molecule has 0 aliphatic carbocycles. The maximum atomic E-state index is 5.72. The maximum Gasteiger partial charge on any atom is 0.0414 e. The molecule has 2 N–H and O–H groups in total. The minimum Gasteiger partial charge on any atom is -0.399 e. The van der Waals surface area contributed by atoms with Gasteiger partial charge in [-0.05, 0) is 37.7 Å². The molecule has 1 aromatic carbocycles. The van der Waals surface area contributed by atoms with E-state index in [0.29, 0.717) is 6.04 Å². The van der Waals surface area contributed by atoms with E-state index in [-0.39, 0.29) is 0 Å². The SMILES string of the molecule is CCC1CN(C)CCN1c1ccc(N)cc1. The third-order valence-corrected chi connectivity index (χ3v) is 3.38. The lowest BCUT2D eigenvalue weighted by Gasteiger charge is -2.41. The molecule has 0 saturated carbocycles. The van der Waals surface area contributed by atoms with Gasteiger partial charge in [0.25, 0.3) is 0 Å². The molecule has 2 rings (SSSR count). The molecule has 1 saturated heterocycles. The summed E-state index contributed by atoms with van der Waals surface area (Å²) in [5.41, 5.74) is 7.86. The number of nitrogens with two attached hydrogens (primary N) is 1. The summed E-state index contributed by atoms with van der Waals surface area (Å²) in [4.78, 5) is 4.90. The molecule has 0 amide bonds. The summed E-state index contributed by atoms with van der Waals surface area (Å²) in [6.45, 7) is 5.66. The first-order chi connectivity index (χ1) is 7.70. The van der Waals surface area contributed by atoms with Gasteiger partial charge in [0.2, 0.25) is 0 Å². The molecular weight excluding hydrogens is 198 g/mol. The van der Waals surface area contributed by atoms with Crippen molar-refractivity contribution in [3.8, 4) is 0 Å². The molecule has 1 unspecified atom stereocenters. The summed E-state index contributed by atoms with van der Waals surface area (Å²) in [6.07, 6.45) is 1.19. The minimum absolute atomic E-state index is 0.627. The van der Waals surface area contributed by atoms with E-state index in [1.54, 1.807) is 0 Å². The van der Waals surface area contributed by atoms with Crippen LogP contribution >= 0.6 is 0 Å². The Bertz CT molecular complexity index is 334. The van der Waals surface area contributed by atoms with E-state index in [0.717, 1.165) is 25.3 Å². The van der Waals surface area contributed by atoms with Gasteiger partial charge in [0.15, 0.2) is 0 Å². The number of benzene rings is 1. The number of anilines is 2. The molecule has 3 nitrogen and oxygen atoms in total. The lowest BCUT2D eigenvalue weighted by molar-refractivity contribution is 0.264. The highest BCUT2D eigenvalue weighted by Gasteiger charge is 2.23. The summed E-state index contributed by atoms with van der Waals surface area (Å²) in [7, 11) is 2.20. The van der Waals surface area contributed by atoms with E-state index < -0.39 is 0 Å². The van der Waals surface area contributed by atoms with Gasteiger partial charge in [0.1, 0.15) is 0 Å². The van der Waals surface area contributed by atoms with Crippen LogP contribution in [-0.2, 0) is 0 Å². The topological polar surface area (TPSA) is 32.5 Å². The molecule has 0 radical (unpaired) electrons. The summed E-state index contributed by atoms with van der Waals surface area (Å²) in [6, 6.07) is 8.86. The fraction of sp³-hybridized carbons (Fsp3) is 0.538. The Hall–Kier alpha value is -1.22. The highest BCUT2D eigenvalue weighted by Crippen LogP contribution is 2.22. The quantitative estimate of drug-likeness (QED) is 0.770. The van der Waals surface area contributed by atoms with Gasteiger partial charge in [-0.25, -0.2) is 0 Å². The van der Waals surface area contributed by atoms with Crippen molar-refractivity contribution in [3.63, 3.8) is 0 Å². The van der Waals surface area contributed by atoms with E-state index in [4.69, 9.17) is 5.73 Å². The fourth-order valence-corrected chi connectivity index (χ4v) is 2.37.